The molecule has 6 nitrogen and oxygen atoms in total. The summed E-state index contributed by atoms with van der Waals surface area (Å²) in [5, 5.41) is 0. The molecule has 1 saturated heterocycles. The number of halogens is 1. The zero-order valence-electron chi connectivity index (χ0n) is 19.8. The summed E-state index contributed by atoms with van der Waals surface area (Å²) in [7, 11) is 0. The van der Waals surface area contributed by atoms with E-state index in [2.05, 4.69) is 37.9 Å². The Kier molecular flexibility index (Phi) is 8.12. The number of piperidine rings is 1. The van der Waals surface area contributed by atoms with Crippen LogP contribution >= 0.6 is 15.9 Å². The molecule has 1 aromatic carbocycles. The van der Waals surface area contributed by atoms with Crippen LogP contribution in [0.2, 0.25) is 0 Å². The van der Waals surface area contributed by atoms with Crippen molar-refractivity contribution in [3.05, 3.63) is 60.8 Å². The maximum Gasteiger partial charge on any atom is 0.328 e. The number of hydrogen-bond acceptors (Lipinski definition) is 4. The third-order valence-corrected chi connectivity index (χ3v) is 7.73. The summed E-state index contributed by atoms with van der Waals surface area (Å²) in [6.45, 7) is 6.66. The van der Waals surface area contributed by atoms with Crippen LogP contribution in [0, 0.1) is 5.92 Å². The highest BCUT2D eigenvalue weighted by molar-refractivity contribution is 9.10. The Labute approximate surface area is 204 Å². The molecule has 180 valence electrons. The normalized spacial score (nSPS) is 18.7. The number of ether oxygens (including phenoxy) is 1. The van der Waals surface area contributed by atoms with Crippen LogP contribution in [0.1, 0.15) is 76.1 Å². The number of aromatic nitrogens is 2. The van der Waals surface area contributed by atoms with E-state index in [1.54, 1.807) is 6.07 Å². The fourth-order valence-electron chi connectivity index (χ4n) is 5.28. The number of hydrogen-bond donors (Lipinski definition) is 1. The Balaban J connectivity index is 1.33. The van der Waals surface area contributed by atoms with Gasteiger partial charge in [-0.3, -0.25) is 14.3 Å². The molecular formula is C26H36BrN3O3. The highest BCUT2D eigenvalue weighted by Gasteiger charge is 2.23. The molecule has 0 unspecified atom stereocenters. The van der Waals surface area contributed by atoms with Crippen molar-refractivity contribution >= 4 is 15.9 Å². The van der Waals surface area contributed by atoms with Gasteiger partial charge in [0.1, 0.15) is 5.75 Å². The maximum absolute atomic E-state index is 12.7. The van der Waals surface area contributed by atoms with Gasteiger partial charge < -0.3 is 9.72 Å². The second kappa shape index (κ2) is 11.0. The van der Waals surface area contributed by atoms with Crippen LogP contribution in [-0.2, 0) is 13.0 Å². The first-order chi connectivity index (χ1) is 15.9. The van der Waals surface area contributed by atoms with E-state index < -0.39 is 0 Å². The van der Waals surface area contributed by atoms with Gasteiger partial charge in [-0.05, 0) is 88.7 Å². The number of benzene rings is 1. The molecule has 2 fully saturated rings. The standard InChI is InChI=1S/C26H36BrN3O3/c1-18(2)33-23-8-9-24(27)20(15-23)14-19-10-12-29(13-11-19)17-21-16-25(31)30(26(32)28-21)22-6-4-3-5-7-22/h8-9,15-16,18-19,22H,3-7,10-14,17H2,1-2H3,(H,28,32). The van der Waals surface area contributed by atoms with E-state index >= 15 is 0 Å². The van der Waals surface area contributed by atoms with Gasteiger partial charge in [0.2, 0.25) is 0 Å². The molecule has 1 saturated carbocycles. The molecule has 1 aliphatic heterocycles. The minimum absolute atomic E-state index is 0.0589. The van der Waals surface area contributed by atoms with E-state index in [9.17, 15) is 9.59 Å². The number of aromatic amines is 1. The van der Waals surface area contributed by atoms with Gasteiger partial charge >= 0.3 is 5.69 Å². The van der Waals surface area contributed by atoms with Crippen molar-refractivity contribution in [1.29, 1.82) is 0 Å². The largest absolute Gasteiger partial charge is 0.491 e. The van der Waals surface area contributed by atoms with E-state index in [0.717, 1.165) is 74.0 Å². The van der Waals surface area contributed by atoms with Gasteiger partial charge in [0.25, 0.3) is 5.56 Å². The topological polar surface area (TPSA) is 67.3 Å². The van der Waals surface area contributed by atoms with Gasteiger partial charge in [-0.2, -0.15) is 0 Å². The van der Waals surface area contributed by atoms with Crippen molar-refractivity contribution < 1.29 is 4.74 Å². The minimum atomic E-state index is -0.243. The van der Waals surface area contributed by atoms with Crippen LogP contribution in [0.4, 0.5) is 0 Å². The van der Waals surface area contributed by atoms with E-state index in [0.29, 0.717) is 12.5 Å². The summed E-state index contributed by atoms with van der Waals surface area (Å²) in [6, 6.07) is 7.94. The SMILES string of the molecule is CC(C)Oc1ccc(Br)c(CC2CCN(Cc3cc(=O)n(C4CCCCC4)c(=O)[nH]3)CC2)c1. The van der Waals surface area contributed by atoms with Gasteiger partial charge in [-0.15, -0.1) is 0 Å². The summed E-state index contributed by atoms with van der Waals surface area (Å²) in [4.78, 5) is 30.7. The Morgan fingerprint density at radius 2 is 1.79 bits per heavy atom. The molecule has 1 aliphatic carbocycles. The Morgan fingerprint density at radius 1 is 1.06 bits per heavy atom. The lowest BCUT2D eigenvalue weighted by Gasteiger charge is -2.32. The highest BCUT2D eigenvalue weighted by atomic mass is 79.9. The Morgan fingerprint density at radius 3 is 2.45 bits per heavy atom. The zero-order valence-corrected chi connectivity index (χ0v) is 21.4. The monoisotopic (exact) mass is 517 g/mol. The molecule has 2 heterocycles. The maximum atomic E-state index is 12.7. The van der Waals surface area contributed by atoms with E-state index in [4.69, 9.17) is 4.74 Å². The lowest BCUT2D eigenvalue weighted by Crippen LogP contribution is -2.40. The van der Waals surface area contributed by atoms with Crippen molar-refractivity contribution in [2.45, 2.75) is 83.9 Å². The number of rotatable bonds is 7. The van der Waals surface area contributed by atoms with Crippen LogP contribution in [-0.4, -0.2) is 33.6 Å². The van der Waals surface area contributed by atoms with Gasteiger partial charge in [0.15, 0.2) is 0 Å². The second-order valence-corrected chi connectivity index (χ2v) is 10.8. The minimum Gasteiger partial charge on any atom is -0.491 e. The first-order valence-corrected chi connectivity index (χ1v) is 13.2. The summed E-state index contributed by atoms with van der Waals surface area (Å²) in [5.41, 5.74) is 1.63. The molecule has 4 rings (SSSR count). The van der Waals surface area contributed by atoms with Gasteiger partial charge in [0, 0.05) is 28.8 Å². The highest BCUT2D eigenvalue weighted by Crippen LogP contribution is 2.29. The Hall–Kier alpha value is -1.86. The number of nitrogens with one attached hydrogen (secondary N) is 1. The summed E-state index contributed by atoms with van der Waals surface area (Å²) >= 11 is 3.70. The molecule has 0 amide bonds. The van der Waals surface area contributed by atoms with Crippen molar-refractivity contribution in [2.75, 3.05) is 13.1 Å². The molecule has 0 bridgehead atoms. The molecule has 7 heteroatoms. The molecule has 33 heavy (non-hydrogen) atoms. The quantitative estimate of drug-likeness (QED) is 0.558. The fourth-order valence-corrected chi connectivity index (χ4v) is 5.68. The van der Waals surface area contributed by atoms with Crippen molar-refractivity contribution in [3.8, 4) is 5.75 Å². The van der Waals surface area contributed by atoms with Gasteiger partial charge in [-0.1, -0.05) is 35.2 Å². The van der Waals surface area contributed by atoms with Gasteiger partial charge in [-0.25, -0.2) is 4.79 Å². The molecule has 0 radical (unpaired) electrons. The van der Waals surface area contributed by atoms with Crippen LogP contribution < -0.4 is 16.0 Å². The molecule has 2 aromatic rings. The third-order valence-electron chi connectivity index (χ3n) is 6.96. The average Bonchev–Trinajstić information content (AvgIpc) is 2.77. The van der Waals surface area contributed by atoms with E-state index in [1.165, 1.54) is 16.6 Å². The summed E-state index contributed by atoms with van der Waals surface area (Å²) < 4.78 is 8.45. The number of H-pyrrole nitrogens is 1. The van der Waals surface area contributed by atoms with Crippen molar-refractivity contribution in [3.63, 3.8) is 0 Å². The van der Waals surface area contributed by atoms with Gasteiger partial charge in [0.05, 0.1) is 6.10 Å². The molecule has 1 aromatic heterocycles. The average molecular weight is 518 g/mol. The van der Waals surface area contributed by atoms with Crippen LogP contribution in [0.3, 0.4) is 0 Å². The third kappa shape index (κ3) is 6.38. The molecule has 1 N–H and O–H groups in total. The Bertz CT molecular complexity index is 1020. The zero-order chi connectivity index (χ0) is 23.4. The molecule has 0 spiro atoms. The van der Waals surface area contributed by atoms with Crippen molar-refractivity contribution in [2.24, 2.45) is 5.92 Å². The van der Waals surface area contributed by atoms with Crippen LogP contribution in [0.5, 0.6) is 5.75 Å². The molecule has 0 atom stereocenters. The second-order valence-electron chi connectivity index (χ2n) is 9.94. The first-order valence-electron chi connectivity index (χ1n) is 12.4. The van der Waals surface area contributed by atoms with Crippen LogP contribution in [0.25, 0.3) is 0 Å². The fraction of sp³-hybridized carbons (Fsp3) is 0.615. The lowest BCUT2D eigenvalue weighted by atomic mass is 9.90. The van der Waals surface area contributed by atoms with Crippen molar-refractivity contribution in [1.82, 2.24) is 14.5 Å². The first kappa shape index (κ1) is 24.3. The van der Waals surface area contributed by atoms with Crippen LogP contribution in [0.15, 0.2) is 38.3 Å². The lowest BCUT2D eigenvalue weighted by molar-refractivity contribution is 0.174. The summed E-state index contributed by atoms with van der Waals surface area (Å²) in [5.74, 6) is 1.54. The summed E-state index contributed by atoms with van der Waals surface area (Å²) in [6.07, 6.45) is 8.65. The molecule has 2 aliphatic rings. The van der Waals surface area contributed by atoms with E-state index in [1.807, 2.05) is 19.9 Å². The molecular weight excluding hydrogens is 482 g/mol. The predicted molar refractivity (Wildman–Crippen MR) is 135 cm³/mol. The number of nitrogens with zero attached hydrogens (tertiary/aromatic N) is 2. The number of likely N-dealkylation sites (tertiary alicyclic amines) is 1. The van der Waals surface area contributed by atoms with E-state index in [-0.39, 0.29) is 23.4 Å². The smallest absolute Gasteiger partial charge is 0.328 e. The predicted octanol–water partition coefficient (Wildman–Crippen LogP) is 5.05.